The molecule has 1 aliphatic carbocycles. The highest BCUT2D eigenvalue weighted by Gasteiger charge is 2.51. The molecule has 2 heterocycles. The number of ketones is 1. The van der Waals surface area contributed by atoms with E-state index in [1.807, 2.05) is 30.5 Å². The Bertz CT molecular complexity index is 1160. The standard InChI is InChI=1S/C26H25NO3/c1-16-6-4-5-7-20(16)21-14-27-22(18(3)17(21)2)13-25(28)26(10-11-26)19-8-9-23-24(12-19)30-15-29-23/h4-9,12,14H,10-11,13,15H2,1-3H3. The molecule has 2 aliphatic rings. The summed E-state index contributed by atoms with van der Waals surface area (Å²) >= 11 is 0. The van der Waals surface area contributed by atoms with Crippen molar-refractivity contribution < 1.29 is 14.3 Å². The second kappa shape index (κ2) is 6.98. The second-order valence-corrected chi connectivity index (χ2v) is 8.43. The lowest BCUT2D eigenvalue weighted by Crippen LogP contribution is -2.23. The third kappa shape index (κ3) is 2.98. The maximum atomic E-state index is 13.4. The first-order valence-electron chi connectivity index (χ1n) is 10.4. The summed E-state index contributed by atoms with van der Waals surface area (Å²) < 4.78 is 10.9. The monoisotopic (exact) mass is 399 g/mol. The molecular formula is C26H25NO3. The highest BCUT2D eigenvalue weighted by molar-refractivity contribution is 5.95. The maximum absolute atomic E-state index is 13.4. The van der Waals surface area contributed by atoms with Crippen LogP contribution in [0.1, 0.15) is 40.8 Å². The Kier molecular flexibility index (Phi) is 4.39. The molecule has 0 N–H and O–H groups in total. The highest BCUT2D eigenvalue weighted by atomic mass is 16.7. The Morgan fingerprint density at radius 3 is 2.50 bits per heavy atom. The number of aryl methyl sites for hydroxylation is 1. The summed E-state index contributed by atoms with van der Waals surface area (Å²) in [5.41, 5.74) is 7.36. The van der Waals surface area contributed by atoms with Crippen LogP contribution in [-0.4, -0.2) is 17.6 Å². The molecule has 0 unspecified atom stereocenters. The fourth-order valence-corrected chi connectivity index (χ4v) is 4.45. The lowest BCUT2D eigenvalue weighted by Gasteiger charge is -2.18. The number of nitrogens with zero attached hydrogens (tertiary/aromatic N) is 1. The largest absolute Gasteiger partial charge is 0.454 e. The summed E-state index contributed by atoms with van der Waals surface area (Å²) in [6.07, 6.45) is 4.04. The van der Waals surface area contributed by atoms with Crippen LogP contribution >= 0.6 is 0 Å². The molecular weight excluding hydrogens is 374 g/mol. The second-order valence-electron chi connectivity index (χ2n) is 8.43. The number of carbonyl (C=O) groups excluding carboxylic acids is 1. The molecule has 1 saturated carbocycles. The zero-order chi connectivity index (χ0) is 20.9. The lowest BCUT2D eigenvalue weighted by atomic mass is 9.87. The van der Waals surface area contributed by atoms with E-state index in [0.29, 0.717) is 6.42 Å². The number of Topliss-reactive ketones (excluding diaryl/α,β-unsaturated/α-hetero) is 1. The fourth-order valence-electron chi connectivity index (χ4n) is 4.45. The van der Waals surface area contributed by atoms with Gasteiger partial charge in [0.1, 0.15) is 5.78 Å². The van der Waals surface area contributed by atoms with E-state index in [1.165, 1.54) is 16.7 Å². The van der Waals surface area contributed by atoms with Gasteiger partial charge in [-0.05, 0) is 73.6 Å². The number of fused-ring (bicyclic) bond motifs is 1. The van der Waals surface area contributed by atoms with E-state index in [2.05, 4.69) is 39.0 Å². The van der Waals surface area contributed by atoms with Crippen LogP contribution in [0.4, 0.5) is 0 Å². The third-order valence-corrected chi connectivity index (χ3v) is 6.72. The molecule has 0 bridgehead atoms. The number of hydrogen-bond donors (Lipinski definition) is 0. The van der Waals surface area contributed by atoms with Crippen LogP contribution in [-0.2, 0) is 16.6 Å². The van der Waals surface area contributed by atoms with Crippen molar-refractivity contribution in [2.75, 3.05) is 6.79 Å². The van der Waals surface area contributed by atoms with Gasteiger partial charge in [-0.25, -0.2) is 0 Å². The van der Waals surface area contributed by atoms with Gasteiger partial charge in [0.15, 0.2) is 11.5 Å². The van der Waals surface area contributed by atoms with Gasteiger partial charge in [-0.1, -0.05) is 30.3 Å². The van der Waals surface area contributed by atoms with Gasteiger partial charge in [0.05, 0.1) is 11.1 Å². The van der Waals surface area contributed by atoms with Gasteiger partial charge >= 0.3 is 0 Å². The van der Waals surface area contributed by atoms with Crippen LogP contribution in [0.3, 0.4) is 0 Å². The number of hydrogen-bond acceptors (Lipinski definition) is 4. The number of rotatable bonds is 5. The van der Waals surface area contributed by atoms with Crippen LogP contribution in [0.5, 0.6) is 11.5 Å². The van der Waals surface area contributed by atoms with Gasteiger partial charge in [0.25, 0.3) is 0 Å². The first kappa shape index (κ1) is 18.9. The van der Waals surface area contributed by atoms with E-state index >= 15 is 0 Å². The molecule has 0 spiro atoms. The van der Waals surface area contributed by atoms with Crippen LogP contribution in [0.2, 0.25) is 0 Å². The smallest absolute Gasteiger partial charge is 0.231 e. The van der Waals surface area contributed by atoms with Gasteiger partial charge in [0, 0.05) is 18.2 Å². The van der Waals surface area contributed by atoms with Crippen LogP contribution in [0.15, 0.2) is 48.7 Å². The van der Waals surface area contributed by atoms with E-state index in [-0.39, 0.29) is 12.6 Å². The number of carbonyl (C=O) groups is 1. The Morgan fingerprint density at radius 1 is 0.967 bits per heavy atom. The minimum absolute atomic E-state index is 0.236. The molecule has 5 rings (SSSR count). The molecule has 0 saturated heterocycles. The van der Waals surface area contributed by atoms with Gasteiger partial charge in [-0.2, -0.15) is 0 Å². The number of ether oxygens (including phenoxy) is 2. The molecule has 0 radical (unpaired) electrons. The maximum Gasteiger partial charge on any atom is 0.231 e. The summed E-state index contributed by atoms with van der Waals surface area (Å²) in [4.78, 5) is 18.1. The zero-order valence-corrected chi connectivity index (χ0v) is 17.6. The quantitative estimate of drug-likeness (QED) is 0.588. The molecule has 0 atom stereocenters. The molecule has 152 valence electrons. The summed E-state index contributed by atoms with van der Waals surface area (Å²) in [6, 6.07) is 14.2. The molecule has 1 aromatic heterocycles. The Labute approximate surface area is 176 Å². The first-order chi connectivity index (χ1) is 14.5. The first-order valence-corrected chi connectivity index (χ1v) is 10.4. The van der Waals surface area contributed by atoms with E-state index < -0.39 is 5.41 Å². The van der Waals surface area contributed by atoms with Crippen molar-refractivity contribution in [3.05, 3.63) is 76.6 Å². The molecule has 30 heavy (non-hydrogen) atoms. The van der Waals surface area contributed by atoms with Crippen LogP contribution in [0.25, 0.3) is 11.1 Å². The molecule has 4 heteroatoms. The van der Waals surface area contributed by atoms with Crippen molar-refractivity contribution in [3.63, 3.8) is 0 Å². The topological polar surface area (TPSA) is 48.4 Å². The highest BCUT2D eigenvalue weighted by Crippen LogP contribution is 2.51. The molecule has 3 aromatic rings. The Hall–Kier alpha value is -3.14. The minimum Gasteiger partial charge on any atom is -0.454 e. The van der Waals surface area contributed by atoms with Crippen LogP contribution < -0.4 is 9.47 Å². The molecule has 2 aromatic carbocycles. The van der Waals surface area contributed by atoms with E-state index in [4.69, 9.17) is 14.5 Å². The van der Waals surface area contributed by atoms with E-state index in [1.54, 1.807) is 0 Å². The van der Waals surface area contributed by atoms with E-state index in [0.717, 1.165) is 46.7 Å². The van der Waals surface area contributed by atoms with Crippen molar-refractivity contribution in [1.82, 2.24) is 4.98 Å². The van der Waals surface area contributed by atoms with Gasteiger partial charge in [0.2, 0.25) is 6.79 Å². The molecule has 0 amide bonds. The van der Waals surface area contributed by atoms with Crippen molar-refractivity contribution in [2.45, 2.75) is 45.4 Å². The number of benzene rings is 2. The average molecular weight is 399 g/mol. The average Bonchev–Trinajstić information content (AvgIpc) is 3.43. The minimum atomic E-state index is -0.405. The summed E-state index contributed by atoms with van der Waals surface area (Å²) in [6.45, 7) is 6.56. The summed E-state index contributed by atoms with van der Waals surface area (Å²) in [5.74, 6) is 1.72. The number of aromatic nitrogens is 1. The molecule has 1 aliphatic heterocycles. The Balaban J connectivity index is 1.43. The van der Waals surface area contributed by atoms with Crippen molar-refractivity contribution in [2.24, 2.45) is 0 Å². The predicted molar refractivity (Wildman–Crippen MR) is 116 cm³/mol. The van der Waals surface area contributed by atoms with Crippen LogP contribution in [0, 0.1) is 20.8 Å². The number of pyridine rings is 1. The third-order valence-electron chi connectivity index (χ3n) is 6.72. The molecule has 4 nitrogen and oxygen atoms in total. The molecule has 1 fully saturated rings. The van der Waals surface area contributed by atoms with Crippen molar-refractivity contribution in [3.8, 4) is 22.6 Å². The Morgan fingerprint density at radius 2 is 1.73 bits per heavy atom. The van der Waals surface area contributed by atoms with Gasteiger partial charge in [-0.3, -0.25) is 9.78 Å². The van der Waals surface area contributed by atoms with Crippen molar-refractivity contribution >= 4 is 5.78 Å². The predicted octanol–water partition coefficient (Wildman–Crippen LogP) is 5.25. The lowest BCUT2D eigenvalue weighted by molar-refractivity contribution is -0.120. The SMILES string of the molecule is Cc1ccccc1-c1cnc(CC(=O)C2(c3ccc4c(c3)OCO4)CC2)c(C)c1C. The van der Waals surface area contributed by atoms with Gasteiger partial charge < -0.3 is 9.47 Å². The summed E-state index contributed by atoms with van der Waals surface area (Å²) in [7, 11) is 0. The van der Waals surface area contributed by atoms with Gasteiger partial charge in [-0.15, -0.1) is 0 Å². The fraction of sp³-hybridized carbons (Fsp3) is 0.308. The summed E-state index contributed by atoms with van der Waals surface area (Å²) in [5, 5.41) is 0. The zero-order valence-electron chi connectivity index (χ0n) is 17.6. The normalized spacial score (nSPS) is 15.8. The van der Waals surface area contributed by atoms with E-state index in [9.17, 15) is 4.79 Å². The van der Waals surface area contributed by atoms with Crippen molar-refractivity contribution in [1.29, 1.82) is 0 Å².